The van der Waals surface area contributed by atoms with Crippen molar-refractivity contribution in [1.29, 1.82) is 0 Å². The molecular weight excluding hydrogens is 342 g/mol. The number of fused-ring (bicyclic) bond motifs is 1. The second-order valence-electron chi connectivity index (χ2n) is 6.21. The number of benzene rings is 1. The van der Waals surface area contributed by atoms with Gasteiger partial charge in [-0.05, 0) is 43.7 Å². The van der Waals surface area contributed by atoms with E-state index < -0.39 is 0 Å². The van der Waals surface area contributed by atoms with E-state index in [1.54, 1.807) is 32.4 Å². The first-order valence-corrected chi connectivity index (χ1v) is 8.67. The lowest BCUT2D eigenvalue weighted by Gasteiger charge is -2.15. The molecule has 0 atom stereocenters. The molecule has 6 nitrogen and oxygen atoms in total. The Kier molecular flexibility index (Phi) is 5.26. The Morgan fingerprint density at radius 2 is 1.96 bits per heavy atom. The van der Waals surface area contributed by atoms with Crippen LogP contribution in [0.2, 0.25) is 0 Å². The second-order valence-corrected chi connectivity index (χ2v) is 6.21. The van der Waals surface area contributed by atoms with Gasteiger partial charge in [0.2, 0.25) is 0 Å². The number of carbonyl (C=O) groups excluding carboxylic acids is 1. The van der Waals surface area contributed by atoms with Gasteiger partial charge in [-0.2, -0.15) is 0 Å². The SMILES string of the molecule is C/C=C(\C=NC)N1Cc2nc(-c3ccc(OC)c(OC)c3)cc(C)c2C1=O. The molecule has 0 spiro atoms. The molecule has 140 valence electrons. The predicted octanol–water partition coefficient (Wildman–Crippen LogP) is 3.63. The van der Waals surface area contributed by atoms with Crippen molar-refractivity contribution >= 4 is 12.1 Å². The quantitative estimate of drug-likeness (QED) is 0.759. The summed E-state index contributed by atoms with van der Waals surface area (Å²) < 4.78 is 10.7. The van der Waals surface area contributed by atoms with Crippen LogP contribution >= 0.6 is 0 Å². The Hall–Kier alpha value is -3.15. The highest BCUT2D eigenvalue weighted by atomic mass is 16.5. The van der Waals surface area contributed by atoms with E-state index in [2.05, 4.69) is 4.99 Å². The lowest BCUT2D eigenvalue weighted by molar-refractivity contribution is 0.0834. The third-order valence-corrected chi connectivity index (χ3v) is 4.61. The summed E-state index contributed by atoms with van der Waals surface area (Å²) in [7, 11) is 4.90. The second kappa shape index (κ2) is 7.61. The van der Waals surface area contributed by atoms with E-state index in [-0.39, 0.29) is 5.91 Å². The molecule has 1 aliphatic heterocycles. The van der Waals surface area contributed by atoms with Gasteiger partial charge in [0.05, 0.1) is 43.4 Å². The molecule has 6 heteroatoms. The third-order valence-electron chi connectivity index (χ3n) is 4.61. The van der Waals surface area contributed by atoms with Gasteiger partial charge in [0.15, 0.2) is 11.5 Å². The van der Waals surface area contributed by atoms with Crippen LogP contribution in [-0.2, 0) is 6.54 Å². The van der Waals surface area contributed by atoms with Crippen molar-refractivity contribution in [3.63, 3.8) is 0 Å². The lowest BCUT2D eigenvalue weighted by atomic mass is 10.0. The first kappa shape index (κ1) is 18.6. The maximum Gasteiger partial charge on any atom is 0.260 e. The van der Waals surface area contributed by atoms with Crippen molar-refractivity contribution in [2.45, 2.75) is 20.4 Å². The van der Waals surface area contributed by atoms with E-state index in [0.29, 0.717) is 23.6 Å². The summed E-state index contributed by atoms with van der Waals surface area (Å²) in [5.74, 6) is 1.27. The normalized spacial score (nSPS) is 14.0. The highest BCUT2D eigenvalue weighted by Gasteiger charge is 2.32. The summed E-state index contributed by atoms with van der Waals surface area (Å²) in [6, 6.07) is 7.62. The van der Waals surface area contributed by atoms with Crippen molar-refractivity contribution in [3.8, 4) is 22.8 Å². The molecule has 0 unspecified atom stereocenters. The van der Waals surface area contributed by atoms with Crippen molar-refractivity contribution in [1.82, 2.24) is 9.88 Å². The third kappa shape index (κ3) is 3.30. The summed E-state index contributed by atoms with van der Waals surface area (Å²) in [5.41, 5.74) is 4.82. The molecule has 0 fully saturated rings. The topological polar surface area (TPSA) is 64.0 Å². The maximum absolute atomic E-state index is 12.9. The van der Waals surface area contributed by atoms with Gasteiger partial charge in [0.25, 0.3) is 5.91 Å². The zero-order chi connectivity index (χ0) is 19.6. The van der Waals surface area contributed by atoms with Gasteiger partial charge in [0.1, 0.15) is 0 Å². The van der Waals surface area contributed by atoms with Crippen molar-refractivity contribution in [3.05, 3.63) is 52.9 Å². The average Bonchev–Trinajstić information content (AvgIpc) is 3.02. The number of ether oxygens (including phenoxy) is 2. The molecule has 2 heterocycles. The summed E-state index contributed by atoms with van der Waals surface area (Å²) >= 11 is 0. The number of amides is 1. The largest absolute Gasteiger partial charge is 0.493 e. The molecular formula is C21H23N3O3. The summed E-state index contributed by atoms with van der Waals surface area (Å²) in [6.07, 6.45) is 3.57. The highest BCUT2D eigenvalue weighted by Crippen LogP contribution is 2.34. The molecule has 0 radical (unpaired) electrons. The van der Waals surface area contributed by atoms with Crippen LogP contribution in [0.5, 0.6) is 11.5 Å². The van der Waals surface area contributed by atoms with Crippen LogP contribution in [0.4, 0.5) is 0 Å². The molecule has 1 aromatic carbocycles. The average molecular weight is 365 g/mol. The number of aryl methyl sites for hydroxylation is 1. The number of nitrogens with zero attached hydrogens (tertiary/aromatic N) is 3. The monoisotopic (exact) mass is 365 g/mol. The standard InChI is InChI=1S/C21H23N3O3/c1-6-15(11-22-3)24-12-17-20(21(24)25)13(2)9-16(23-17)14-7-8-18(26-4)19(10-14)27-5/h6-11H,12H2,1-5H3/b15-6+,22-11?. The molecule has 0 N–H and O–H groups in total. The van der Waals surface area contributed by atoms with Crippen LogP contribution in [0.3, 0.4) is 0 Å². The van der Waals surface area contributed by atoms with Crippen LogP contribution in [0, 0.1) is 6.92 Å². The smallest absolute Gasteiger partial charge is 0.260 e. The number of hydrogen-bond acceptors (Lipinski definition) is 5. The van der Waals surface area contributed by atoms with Crippen LogP contribution in [0.25, 0.3) is 11.3 Å². The predicted molar refractivity (Wildman–Crippen MR) is 106 cm³/mol. The molecule has 1 amide bonds. The molecule has 2 aromatic rings. The first-order valence-electron chi connectivity index (χ1n) is 8.67. The number of hydrogen-bond donors (Lipinski definition) is 0. The summed E-state index contributed by atoms with van der Waals surface area (Å²) in [4.78, 5) is 23.4. The van der Waals surface area contributed by atoms with E-state index in [0.717, 1.165) is 28.2 Å². The zero-order valence-corrected chi connectivity index (χ0v) is 16.2. The van der Waals surface area contributed by atoms with Crippen LogP contribution < -0.4 is 9.47 Å². The van der Waals surface area contributed by atoms with Gasteiger partial charge in [-0.15, -0.1) is 0 Å². The highest BCUT2D eigenvalue weighted by molar-refractivity contribution is 6.03. The number of methoxy groups -OCH3 is 2. The van der Waals surface area contributed by atoms with E-state index in [1.807, 2.05) is 44.2 Å². The molecule has 0 saturated heterocycles. The minimum Gasteiger partial charge on any atom is -0.493 e. The number of allylic oxidation sites excluding steroid dienone is 2. The van der Waals surface area contributed by atoms with Crippen LogP contribution in [-0.4, -0.2) is 43.3 Å². The molecule has 0 aliphatic carbocycles. The molecule has 1 aromatic heterocycles. The van der Waals surface area contributed by atoms with Gasteiger partial charge in [-0.3, -0.25) is 14.8 Å². The van der Waals surface area contributed by atoms with Gasteiger partial charge in [-0.25, -0.2) is 0 Å². The number of pyridine rings is 1. The van der Waals surface area contributed by atoms with Crippen molar-refractivity contribution < 1.29 is 14.3 Å². The fourth-order valence-corrected chi connectivity index (χ4v) is 3.29. The van der Waals surface area contributed by atoms with Crippen molar-refractivity contribution in [2.75, 3.05) is 21.3 Å². The Morgan fingerprint density at radius 1 is 1.22 bits per heavy atom. The Morgan fingerprint density at radius 3 is 2.59 bits per heavy atom. The lowest BCUT2D eigenvalue weighted by Crippen LogP contribution is -2.24. The number of rotatable bonds is 5. The fraction of sp³-hybridized carbons (Fsp3) is 0.286. The minimum atomic E-state index is -0.0399. The van der Waals surface area contributed by atoms with E-state index in [1.165, 1.54) is 0 Å². The molecule has 3 rings (SSSR count). The molecule has 0 saturated carbocycles. The number of aromatic nitrogens is 1. The van der Waals surface area contributed by atoms with Gasteiger partial charge in [-0.1, -0.05) is 6.08 Å². The van der Waals surface area contributed by atoms with E-state index in [4.69, 9.17) is 14.5 Å². The summed E-state index contributed by atoms with van der Waals surface area (Å²) in [6.45, 7) is 4.26. The summed E-state index contributed by atoms with van der Waals surface area (Å²) in [5, 5.41) is 0. The van der Waals surface area contributed by atoms with Gasteiger partial charge in [0, 0.05) is 18.8 Å². The van der Waals surface area contributed by atoms with E-state index >= 15 is 0 Å². The van der Waals surface area contributed by atoms with Gasteiger partial charge >= 0.3 is 0 Å². The molecule has 0 bridgehead atoms. The molecule has 1 aliphatic rings. The van der Waals surface area contributed by atoms with Gasteiger partial charge < -0.3 is 14.4 Å². The van der Waals surface area contributed by atoms with Crippen LogP contribution in [0.15, 0.2) is 41.0 Å². The number of aliphatic imine (C=N–C) groups is 1. The zero-order valence-electron chi connectivity index (χ0n) is 16.2. The minimum absolute atomic E-state index is 0.0399. The Labute approximate surface area is 159 Å². The number of carbonyl (C=O) groups is 1. The maximum atomic E-state index is 12.9. The fourth-order valence-electron chi connectivity index (χ4n) is 3.29. The molecule has 27 heavy (non-hydrogen) atoms. The van der Waals surface area contributed by atoms with Crippen LogP contribution in [0.1, 0.15) is 28.5 Å². The van der Waals surface area contributed by atoms with E-state index in [9.17, 15) is 4.79 Å². The Balaban J connectivity index is 2.04. The van der Waals surface area contributed by atoms with Crippen molar-refractivity contribution in [2.24, 2.45) is 4.99 Å². The first-order chi connectivity index (χ1) is 13.0. The Bertz CT molecular complexity index is 948.